The van der Waals surface area contributed by atoms with Crippen molar-refractivity contribution in [3.05, 3.63) is 17.8 Å². The van der Waals surface area contributed by atoms with Gasteiger partial charge in [-0.25, -0.2) is 4.98 Å². The summed E-state index contributed by atoms with van der Waals surface area (Å²) in [4.78, 5) is 6.53. The van der Waals surface area contributed by atoms with Crippen molar-refractivity contribution in [1.29, 1.82) is 0 Å². The lowest BCUT2D eigenvalue weighted by Gasteiger charge is -2.30. The Balaban J connectivity index is 2.25. The molecule has 1 aliphatic rings. The Morgan fingerprint density at radius 2 is 2.62 bits per heavy atom. The lowest BCUT2D eigenvalue weighted by atomic mass is 10.0. The van der Waals surface area contributed by atoms with Crippen molar-refractivity contribution in [2.24, 2.45) is 5.73 Å². The van der Waals surface area contributed by atoms with Crippen LogP contribution in [0.2, 0.25) is 0 Å². The molecule has 0 amide bonds. The standard InChI is InChI=1S/C9H15N3O/c1-12-5-3-8-9(11-6-13-8)7(12)2-4-10/h6-7H,2-5,10H2,1H3. The van der Waals surface area contributed by atoms with Crippen LogP contribution in [0.25, 0.3) is 0 Å². The van der Waals surface area contributed by atoms with Gasteiger partial charge in [-0.15, -0.1) is 0 Å². The first-order valence-electron chi connectivity index (χ1n) is 4.65. The third kappa shape index (κ3) is 1.47. The monoisotopic (exact) mass is 181 g/mol. The number of fused-ring (bicyclic) bond motifs is 1. The molecule has 13 heavy (non-hydrogen) atoms. The van der Waals surface area contributed by atoms with E-state index in [0.717, 1.165) is 30.8 Å². The number of rotatable bonds is 2. The Labute approximate surface area is 77.7 Å². The number of nitrogens with zero attached hydrogens (tertiary/aromatic N) is 2. The van der Waals surface area contributed by atoms with Crippen molar-refractivity contribution in [2.45, 2.75) is 18.9 Å². The highest BCUT2D eigenvalue weighted by molar-refractivity contribution is 5.16. The highest BCUT2D eigenvalue weighted by Crippen LogP contribution is 2.29. The van der Waals surface area contributed by atoms with E-state index in [-0.39, 0.29) is 0 Å². The Kier molecular flexibility index (Phi) is 2.33. The minimum Gasteiger partial charge on any atom is -0.448 e. The van der Waals surface area contributed by atoms with Gasteiger partial charge < -0.3 is 10.2 Å². The molecule has 1 aliphatic heterocycles. The zero-order chi connectivity index (χ0) is 9.26. The van der Waals surface area contributed by atoms with Gasteiger partial charge in [0.2, 0.25) is 0 Å². The average molecular weight is 181 g/mol. The molecule has 0 spiro atoms. The lowest BCUT2D eigenvalue weighted by molar-refractivity contribution is 0.208. The molecule has 4 nitrogen and oxygen atoms in total. The van der Waals surface area contributed by atoms with Crippen LogP contribution in [-0.2, 0) is 6.42 Å². The molecule has 2 heterocycles. The van der Waals surface area contributed by atoms with Crippen molar-refractivity contribution in [3.8, 4) is 0 Å². The van der Waals surface area contributed by atoms with Gasteiger partial charge in [-0.2, -0.15) is 0 Å². The van der Waals surface area contributed by atoms with Crippen molar-refractivity contribution in [1.82, 2.24) is 9.88 Å². The second-order valence-electron chi connectivity index (χ2n) is 3.48. The first-order valence-corrected chi connectivity index (χ1v) is 4.65. The summed E-state index contributed by atoms with van der Waals surface area (Å²) in [7, 11) is 2.11. The second kappa shape index (κ2) is 3.47. The lowest BCUT2D eigenvalue weighted by Crippen LogP contribution is -2.33. The second-order valence-corrected chi connectivity index (χ2v) is 3.48. The number of hydrogen-bond acceptors (Lipinski definition) is 4. The van der Waals surface area contributed by atoms with E-state index in [2.05, 4.69) is 16.9 Å². The SMILES string of the molecule is CN1CCc2ocnc2C1CCN. The quantitative estimate of drug-likeness (QED) is 0.724. The van der Waals surface area contributed by atoms with E-state index in [1.165, 1.54) is 6.39 Å². The Morgan fingerprint density at radius 1 is 1.77 bits per heavy atom. The van der Waals surface area contributed by atoms with Crippen LogP contribution in [-0.4, -0.2) is 30.0 Å². The zero-order valence-corrected chi connectivity index (χ0v) is 7.86. The number of likely N-dealkylation sites (N-methyl/N-ethyl adjacent to an activating group) is 1. The van der Waals surface area contributed by atoms with Crippen LogP contribution < -0.4 is 5.73 Å². The summed E-state index contributed by atoms with van der Waals surface area (Å²) in [5, 5.41) is 0. The van der Waals surface area contributed by atoms with E-state index in [1.807, 2.05) is 0 Å². The van der Waals surface area contributed by atoms with Crippen LogP contribution in [0.3, 0.4) is 0 Å². The van der Waals surface area contributed by atoms with E-state index in [1.54, 1.807) is 0 Å². The largest absolute Gasteiger partial charge is 0.448 e. The predicted octanol–water partition coefficient (Wildman–Crippen LogP) is 0.552. The molecule has 2 N–H and O–H groups in total. The van der Waals surface area contributed by atoms with Gasteiger partial charge in [0.15, 0.2) is 6.39 Å². The van der Waals surface area contributed by atoms with Crippen molar-refractivity contribution >= 4 is 0 Å². The fourth-order valence-corrected chi connectivity index (χ4v) is 1.90. The summed E-state index contributed by atoms with van der Waals surface area (Å²) >= 11 is 0. The number of oxazole rings is 1. The molecule has 4 heteroatoms. The summed E-state index contributed by atoms with van der Waals surface area (Å²) in [5.74, 6) is 1.04. The van der Waals surface area contributed by atoms with Gasteiger partial charge in [-0.05, 0) is 20.0 Å². The van der Waals surface area contributed by atoms with Crippen LogP contribution in [0.1, 0.15) is 23.9 Å². The summed E-state index contributed by atoms with van der Waals surface area (Å²) in [6, 6.07) is 0.354. The van der Waals surface area contributed by atoms with Crippen molar-refractivity contribution in [2.75, 3.05) is 20.1 Å². The molecule has 0 bridgehead atoms. The summed E-state index contributed by atoms with van der Waals surface area (Å²) in [6.45, 7) is 1.73. The molecule has 1 aromatic heterocycles. The van der Waals surface area contributed by atoms with Gasteiger partial charge in [-0.1, -0.05) is 0 Å². The fourth-order valence-electron chi connectivity index (χ4n) is 1.90. The number of nitrogens with two attached hydrogens (primary N) is 1. The Morgan fingerprint density at radius 3 is 3.38 bits per heavy atom. The van der Waals surface area contributed by atoms with Gasteiger partial charge in [-0.3, -0.25) is 4.90 Å². The third-order valence-corrected chi connectivity index (χ3v) is 2.65. The van der Waals surface area contributed by atoms with E-state index in [4.69, 9.17) is 10.2 Å². The fraction of sp³-hybridized carbons (Fsp3) is 0.667. The highest BCUT2D eigenvalue weighted by atomic mass is 16.3. The van der Waals surface area contributed by atoms with E-state index in [9.17, 15) is 0 Å². The molecule has 0 saturated heterocycles. The van der Waals surface area contributed by atoms with E-state index in [0.29, 0.717) is 12.6 Å². The predicted molar refractivity (Wildman–Crippen MR) is 49.2 cm³/mol. The molecule has 1 aromatic rings. The van der Waals surface area contributed by atoms with Crippen LogP contribution in [0.4, 0.5) is 0 Å². The summed E-state index contributed by atoms with van der Waals surface area (Å²) in [6.07, 6.45) is 3.45. The van der Waals surface area contributed by atoms with Gasteiger partial charge in [0.05, 0.1) is 11.7 Å². The normalized spacial score (nSPS) is 23.1. The maximum Gasteiger partial charge on any atom is 0.181 e. The molecular formula is C9H15N3O. The summed E-state index contributed by atoms with van der Waals surface area (Å²) in [5.41, 5.74) is 6.65. The first kappa shape index (κ1) is 8.72. The van der Waals surface area contributed by atoms with Gasteiger partial charge in [0.25, 0.3) is 0 Å². The maximum atomic E-state index is 5.56. The molecule has 1 unspecified atom stereocenters. The van der Waals surface area contributed by atoms with Crippen LogP contribution in [0, 0.1) is 0 Å². The van der Waals surface area contributed by atoms with Crippen molar-refractivity contribution < 1.29 is 4.42 Å². The summed E-state index contributed by atoms with van der Waals surface area (Å²) < 4.78 is 5.30. The molecule has 0 radical (unpaired) electrons. The van der Waals surface area contributed by atoms with Crippen LogP contribution in [0.15, 0.2) is 10.8 Å². The molecule has 0 saturated carbocycles. The maximum absolute atomic E-state index is 5.56. The molecule has 72 valence electrons. The van der Waals surface area contributed by atoms with Gasteiger partial charge in [0, 0.05) is 13.0 Å². The number of hydrogen-bond donors (Lipinski definition) is 1. The van der Waals surface area contributed by atoms with Gasteiger partial charge >= 0.3 is 0 Å². The molecule has 0 aromatic carbocycles. The minimum absolute atomic E-state index is 0.354. The van der Waals surface area contributed by atoms with Crippen molar-refractivity contribution in [3.63, 3.8) is 0 Å². The number of aromatic nitrogens is 1. The molecule has 1 atom stereocenters. The Bertz CT molecular complexity index is 284. The molecular weight excluding hydrogens is 166 g/mol. The van der Waals surface area contributed by atoms with E-state index < -0.39 is 0 Å². The first-order chi connectivity index (χ1) is 6.33. The molecule has 0 aliphatic carbocycles. The third-order valence-electron chi connectivity index (χ3n) is 2.65. The minimum atomic E-state index is 0.354. The van der Waals surface area contributed by atoms with E-state index >= 15 is 0 Å². The van der Waals surface area contributed by atoms with Crippen LogP contribution in [0.5, 0.6) is 0 Å². The van der Waals surface area contributed by atoms with Gasteiger partial charge in [0.1, 0.15) is 5.76 Å². The molecule has 2 rings (SSSR count). The smallest absolute Gasteiger partial charge is 0.181 e. The molecule has 0 fully saturated rings. The zero-order valence-electron chi connectivity index (χ0n) is 7.86. The highest BCUT2D eigenvalue weighted by Gasteiger charge is 2.27. The van der Waals surface area contributed by atoms with Crippen LogP contribution >= 0.6 is 0 Å². The topological polar surface area (TPSA) is 55.3 Å². The Hall–Kier alpha value is -0.870. The average Bonchev–Trinajstić information content (AvgIpc) is 2.58.